The van der Waals surface area contributed by atoms with Gasteiger partial charge in [-0.15, -0.1) is 0 Å². The van der Waals surface area contributed by atoms with E-state index < -0.39 is 0 Å². The third-order valence-electron chi connectivity index (χ3n) is 2.24. The summed E-state index contributed by atoms with van der Waals surface area (Å²) in [4.78, 5) is 0. The van der Waals surface area contributed by atoms with E-state index in [9.17, 15) is 0 Å². The molecule has 0 aliphatic rings. The number of hydrogen-bond acceptors (Lipinski definition) is 3. The van der Waals surface area contributed by atoms with Crippen molar-refractivity contribution in [3.63, 3.8) is 0 Å². The maximum Gasteiger partial charge on any atom is 0.203 e. The van der Waals surface area contributed by atoms with Crippen LogP contribution in [0.4, 0.5) is 0 Å². The van der Waals surface area contributed by atoms with Gasteiger partial charge in [0.05, 0.1) is 21.3 Å². The van der Waals surface area contributed by atoms with Crippen LogP contribution in [0.5, 0.6) is 17.2 Å². The number of ether oxygens (including phenoxy) is 3. The Bertz CT molecular complexity index is 336. The highest BCUT2D eigenvalue weighted by molar-refractivity contribution is 9.08. The van der Waals surface area contributed by atoms with Crippen LogP contribution in [0.3, 0.4) is 0 Å². The molecule has 0 saturated carbocycles. The molecule has 0 fully saturated rings. The Kier molecular flexibility index (Phi) is 5.41. The van der Waals surface area contributed by atoms with E-state index in [0.29, 0.717) is 27.9 Å². The Balaban J connectivity index is 3.47. The van der Waals surface area contributed by atoms with E-state index in [0.717, 1.165) is 11.1 Å². The van der Waals surface area contributed by atoms with Gasteiger partial charge < -0.3 is 14.2 Å². The minimum Gasteiger partial charge on any atom is -0.492 e. The van der Waals surface area contributed by atoms with Crippen molar-refractivity contribution in [1.82, 2.24) is 0 Å². The van der Waals surface area contributed by atoms with Crippen molar-refractivity contribution in [1.29, 1.82) is 0 Å². The smallest absolute Gasteiger partial charge is 0.203 e. The van der Waals surface area contributed by atoms with E-state index in [1.807, 2.05) is 6.07 Å². The van der Waals surface area contributed by atoms with Gasteiger partial charge in [-0.1, -0.05) is 31.9 Å². The van der Waals surface area contributed by atoms with E-state index in [4.69, 9.17) is 14.2 Å². The lowest BCUT2D eigenvalue weighted by Gasteiger charge is -2.17. The average Bonchev–Trinajstić information content (AvgIpc) is 2.35. The van der Waals surface area contributed by atoms with Gasteiger partial charge in [-0.3, -0.25) is 0 Å². The quantitative estimate of drug-likeness (QED) is 0.758. The lowest BCUT2D eigenvalue weighted by atomic mass is 10.1. The lowest BCUT2D eigenvalue weighted by Crippen LogP contribution is -2.01. The van der Waals surface area contributed by atoms with Crippen molar-refractivity contribution < 1.29 is 14.2 Å². The molecule has 1 aromatic rings. The molecule has 0 unspecified atom stereocenters. The van der Waals surface area contributed by atoms with Crippen molar-refractivity contribution in [3.05, 3.63) is 17.2 Å². The Morgan fingerprint density at radius 1 is 0.812 bits per heavy atom. The van der Waals surface area contributed by atoms with Crippen LogP contribution in [0.2, 0.25) is 0 Å². The number of halogens is 2. The number of alkyl halides is 2. The molecule has 0 aliphatic heterocycles. The van der Waals surface area contributed by atoms with Crippen LogP contribution < -0.4 is 14.2 Å². The molecule has 0 spiro atoms. The van der Waals surface area contributed by atoms with Gasteiger partial charge in [0.1, 0.15) is 0 Å². The lowest BCUT2D eigenvalue weighted by molar-refractivity contribution is 0.321. The third kappa shape index (κ3) is 2.46. The van der Waals surface area contributed by atoms with Gasteiger partial charge in [0.25, 0.3) is 0 Å². The number of rotatable bonds is 5. The maximum atomic E-state index is 5.35. The summed E-state index contributed by atoms with van der Waals surface area (Å²) in [7, 11) is 4.85. The van der Waals surface area contributed by atoms with Crippen LogP contribution in [-0.4, -0.2) is 21.3 Å². The van der Waals surface area contributed by atoms with Gasteiger partial charge in [0.2, 0.25) is 5.75 Å². The predicted octanol–water partition coefficient (Wildman–Crippen LogP) is 3.50. The minimum absolute atomic E-state index is 0.636. The molecule has 0 atom stereocenters. The molecular formula is C11H14Br2O3. The molecule has 1 rings (SSSR count). The largest absolute Gasteiger partial charge is 0.492 e. The summed E-state index contributed by atoms with van der Waals surface area (Å²) in [6.07, 6.45) is 0. The van der Waals surface area contributed by atoms with Gasteiger partial charge in [-0.2, -0.15) is 0 Å². The zero-order chi connectivity index (χ0) is 12.1. The first-order valence-electron chi connectivity index (χ1n) is 4.66. The molecular weight excluding hydrogens is 340 g/mol. The van der Waals surface area contributed by atoms with Crippen molar-refractivity contribution in [2.45, 2.75) is 10.7 Å². The third-order valence-corrected chi connectivity index (χ3v) is 3.45. The van der Waals surface area contributed by atoms with Crippen molar-refractivity contribution in [2.24, 2.45) is 0 Å². The molecule has 16 heavy (non-hydrogen) atoms. The SMILES string of the molecule is COc1c(CBr)cc(CBr)c(OC)c1OC. The highest BCUT2D eigenvalue weighted by Gasteiger charge is 2.19. The molecule has 0 saturated heterocycles. The Labute approximate surface area is 112 Å². The second-order valence-electron chi connectivity index (χ2n) is 3.06. The fraction of sp³-hybridized carbons (Fsp3) is 0.455. The van der Waals surface area contributed by atoms with E-state index in [1.165, 1.54) is 0 Å². The van der Waals surface area contributed by atoms with E-state index in [2.05, 4.69) is 31.9 Å². The summed E-state index contributed by atoms with van der Waals surface area (Å²) >= 11 is 6.86. The summed E-state index contributed by atoms with van der Waals surface area (Å²) in [5.74, 6) is 2.05. The van der Waals surface area contributed by atoms with Gasteiger partial charge >= 0.3 is 0 Å². The van der Waals surface area contributed by atoms with Gasteiger partial charge in [-0.05, 0) is 6.07 Å². The van der Waals surface area contributed by atoms with E-state index >= 15 is 0 Å². The van der Waals surface area contributed by atoms with E-state index in [-0.39, 0.29) is 0 Å². The maximum absolute atomic E-state index is 5.35. The minimum atomic E-state index is 0.636. The van der Waals surface area contributed by atoms with Crippen molar-refractivity contribution in [3.8, 4) is 17.2 Å². The molecule has 0 aliphatic carbocycles. The van der Waals surface area contributed by atoms with E-state index in [1.54, 1.807) is 21.3 Å². The Hall–Kier alpha value is -0.420. The monoisotopic (exact) mass is 352 g/mol. The standard InChI is InChI=1S/C11H14Br2O3/c1-14-9-7(5-12)4-8(6-13)10(15-2)11(9)16-3/h4H,5-6H2,1-3H3. The zero-order valence-electron chi connectivity index (χ0n) is 9.47. The summed E-state index contributed by atoms with van der Waals surface area (Å²) in [5, 5.41) is 1.41. The van der Waals surface area contributed by atoms with Gasteiger partial charge in [-0.25, -0.2) is 0 Å². The van der Waals surface area contributed by atoms with Crippen LogP contribution in [-0.2, 0) is 10.7 Å². The first-order valence-corrected chi connectivity index (χ1v) is 6.90. The number of hydrogen-bond donors (Lipinski definition) is 0. The van der Waals surface area contributed by atoms with Crippen LogP contribution in [0, 0.1) is 0 Å². The van der Waals surface area contributed by atoms with Crippen molar-refractivity contribution in [2.75, 3.05) is 21.3 Å². The summed E-state index contributed by atoms with van der Waals surface area (Å²) < 4.78 is 16.1. The molecule has 0 radical (unpaired) electrons. The molecule has 1 aromatic carbocycles. The van der Waals surface area contributed by atoms with Gasteiger partial charge in [0, 0.05) is 21.8 Å². The summed E-state index contributed by atoms with van der Waals surface area (Å²) in [6, 6.07) is 2.03. The van der Waals surface area contributed by atoms with Crippen molar-refractivity contribution >= 4 is 31.9 Å². The fourth-order valence-electron chi connectivity index (χ4n) is 1.57. The molecule has 0 heterocycles. The van der Waals surface area contributed by atoms with Crippen LogP contribution in [0.25, 0.3) is 0 Å². The molecule has 0 amide bonds. The molecule has 0 N–H and O–H groups in total. The van der Waals surface area contributed by atoms with Crippen LogP contribution >= 0.6 is 31.9 Å². The van der Waals surface area contributed by atoms with Gasteiger partial charge in [0.15, 0.2) is 11.5 Å². The predicted molar refractivity (Wildman–Crippen MR) is 71.4 cm³/mol. The molecule has 0 aromatic heterocycles. The number of benzene rings is 1. The first-order chi connectivity index (χ1) is 7.73. The van der Waals surface area contributed by atoms with Crippen LogP contribution in [0.15, 0.2) is 6.07 Å². The Morgan fingerprint density at radius 2 is 1.19 bits per heavy atom. The molecule has 5 heteroatoms. The second-order valence-corrected chi connectivity index (χ2v) is 4.18. The Morgan fingerprint density at radius 3 is 1.44 bits per heavy atom. The molecule has 3 nitrogen and oxygen atoms in total. The zero-order valence-corrected chi connectivity index (χ0v) is 12.6. The summed E-state index contributed by atoms with van der Waals surface area (Å²) in [5.41, 5.74) is 2.07. The molecule has 90 valence electrons. The average molecular weight is 354 g/mol. The normalized spacial score (nSPS) is 10.1. The summed E-state index contributed by atoms with van der Waals surface area (Å²) in [6.45, 7) is 0. The number of methoxy groups -OCH3 is 3. The fourth-order valence-corrected chi connectivity index (χ4v) is 2.40. The second kappa shape index (κ2) is 6.35. The van der Waals surface area contributed by atoms with Crippen LogP contribution in [0.1, 0.15) is 11.1 Å². The highest BCUT2D eigenvalue weighted by atomic mass is 79.9. The first kappa shape index (κ1) is 13.6. The molecule has 0 bridgehead atoms. The highest BCUT2D eigenvalue weighted by Crippen LogP contribution is 2.43. The topological polar surface area (TPSA) is 27.7 Å².